The molecule has 0 aliphatic carbocycles. The van der Waals surface area contributed by atoms with Crippen LogP contribution in [0.4, 0.5) is 0 Å². The van der Waals surface area contributed by atoms with E-state index in [-0.39, 0.29) is 11.5 Å². The number of aromatic hydroxyl groups is 1. The zero-order valence-electron chi connectivity index (χ0n) is 17.8. The van der Waals surface area contributed by atoms with Crippen molar-refractivity contribution in [2.45, 2.75) is 38.5 Å². The minimum absolute atomic E-state index is 0.205. The van der Waals surface area contributed by atoms with Crippen molar-refractivity contribution in [2.75, 3.05) is 13.1 Å². The number of benzene rings is 2. The molecular formula is C26H29N3O2. The summed E-state index contributed by atoms with van der Waals surface area (Å²) in [7, 11) is 0. The predicted molar refractivity (Wildman–Crippen MR) is 122 cm³/mol. The van der Waals surface area contributed by atoms with Crippen LogP contribution in [0.2, 0.25) is 0 Å². The van der Waals surface area contributed by atoms with Crippen molar-refractivity contribution >= 4 is 5.78 Å². The minimum Gasteiger partial charge on any atom is -0.508 e. The van der Waals surface area contributed by atoms with Crippen LogP contribution in [-0.4, -0.2) is 33.9 Å². The molecular weight excluding hydrogens is 386 g/mol. The maximum atomic E-state index is 12.7. The molecule has 1 saturated heterocycles. The van der Waals surface area contributed by atoms with E-state index < -0.39 is 0 Å². The van der Waals surface area contributed by atoms with Gasteiger partial charge >= 0.3 is 0 Å². The second kappa shape index (κ2) is 10.3. The van der Waals surface area contributed by atoms with Gasteiger partial charge in [0.25, 0.3) is 0 Å². The van der Waals surface area contributed by atoms with Gasteiger partial charge in [-0.3, -0.25) is 4.79 Å². The second-order valence-corrected chi connectivity index (χ2v) is 8.28. The Morgan fingerprint density at radius 3 is 2.77 bits per heavy atom. The zero-order chi connectivity index (χ0) is 21.5. The van der Waals surface area contributed by atoms with Gasteiger partial charge in [-0.25, -0.2) is 9.97 Å². The Morgan fingerprint density at radius 1 is 1.10 bits per heavy atom. The smallest absolute Gasteiger partial charge is 0.162 e. The van der Waals surface area contributed by atoms with E-state index >= 15 is 0 Å². The van der Waals surface area contributed by atoms with E-state index in [0.717, 1.165) is 61.4 Å². The molecule has 0 spiro atoms. The summed E-state index contributed by atoms with van der Waals surface area (Å²) < 4.78 is 0. The third kappa shape index (κ3) is 5.98. The first-order valence-electron chi connectivity index (χ1n) is 11.1. The number of rotatable bonds is 9. The quantitative estimate of drug-likeness (QED) is 0.500. The number of carbonyl (C=O) groups is 1. The Balaban J connectivity index is 1.37. The van der Waals surface area contributed by atoms with Crippen LogP contribution in [0.3, 0.4) is 0 Å². The Hall–Kier alpha value is -3.05. The van der Waals surface area contributed by atoms with Crippen molar-refractivity contribution in [1.29, 1.82) is 0 Å². The summed E-state index contributed by atoms with van der Waals surface area (Å²) in [5.41, 5.74) is 3.75. The predicted octanol–water partition coefficient (Wildman–Crippen LogP) is 4.60. The van der Waals surface area contributed by atoms with Crippen LogP contribution in [0.25, 0.3) is 11.3 Å². The Bertz CT molecular complexity index is 1010. The van der Waals surface area contributed by atoms with E-state index in [1.807, 2.05) is 42.5 Å². The number of hydrogen-bond acceptors (Lipinski definition) is 5. The maximum absolute atomic E-state index is 12.7. The molecule has 1 aliphatic heterocycles. The molecule has 160 valence electrons. The minimum atomic E-state index is 0.205. The molecule has 2 heterocycles. The molecule has 0 saturated carbocycles. The van der Waals surface area contributed by atoms with Crippen molar-refractivity contribution in [1.82, 2.24) is 15.3 Å². The van der Waals surface area contributed by atoms with Gasteiger partial charge < -0.3 is 10.4 Å². The molecule has 4 rings (SSSR count). The van der Waals surface area contributed by atoms with Crippen molar-refractivity contribution in [3.05, 3.63) is 77.7 Å². The molecule has 1 atom stereocenters. The average molecular weight is 416 g/mol. The maximum Gasteiger partial charge on any atom is 0.162 e. The van der Waals surface area contributed by atoms with E-state index in [4.69, 9.17) is 4.98 Å². The Kier molecular flexibility index (Phi) is 7.05. The number of aryl methyl sites for hydroxylation is 2. The third-order valence-electron chi connectivity index (χ3n) is 5.93. The van der Waals surface area contributed by atoms with Gasteiger partial charge in [0.15, 0.2) is 5.78 Å². The highest BCUT2D eigenvalue weighted by Crippen LogP contribution is 2.21. The fourth-order valence-corrected chi connectivity index (χ4v) is 4.09. The molecule has 2 aromatic carbocycles. The largest absolute Gasteiger partial charge is 0.508 e. The van der Waals surface area contributed by atoms with Crippen molar-refractivity contribution in [3.63, 3.8) is 0 Å². The van der Waals surface area contributed by atoms with Crippen LogP contribution in [0, 0.1) is 5.92 Å². The van der Waals surface area contributed by atoms with Crippen LogP contribution in [-0.2, 0) is 12.8 Å². The van der Waals surface area contributed by atoms with Gasteiger partial charge in [0, 0.05) is 30.2 Å². The van der Waals surface area contributed by atoms with Crippen LogP contribution < -0.4 is 5.32 Å². The lowest BCUT2D eigenvalue weighted by Crippen LogP contribution is -2.10. The van der Waals surface area contributed by atoms with Crippen LogP contribution in [0.1, 0.15) is 47.4 Å². The van der Waals surface area contributed by atoms with E-state index in [2.05, 4.69) is 10.3 Å². The van der Waals surface area contributed by atoms with E-state index in [1.54, 1.807) is 18.3 Å². The Morgan fingerprint density at radius 2 is 1.97 bits per heavy atom. The van der Waals surface area contributed by atoms with Crippen LogP contribution >= 0.6 is 0 Å². The van der Waals surface area contributed by atoms with Gasteiger partial charge in [0.1, 0.15) is 11.6 Å². The first-order valence-corrected chi connectivity index (χ1v) is 11.1. The van der Waals surface area contributed by atoms with Crippen molar-refractivity contribution in [2.24, 2.45) is 5.92 Å². The number of hydrogen-bond donors (Lipinski definition) is 2. The fraction of sp³-hybridized carbons (Fsp3) is 0.346. The molecule has 2 N–H and O–H groups in total. The third-order valence-corrected chi connectivity index (χ3v) is 5.93. The van der Waals surface area contributed by atoms with E-state index in [9.17, 15) is 9.90 Å². The Labute approximate surface area is 183 Å². The normalized spacial score (nSPS) is 15.8. The lowest BCUT2D eigenvalue weighted by Gasteiger charge is -2.09. The second-order valence-electron chi connectivity index (χ2n) is 8.28. The number of phenolic OH excluding ortho intramolecular Hbond substituents is 1. The SMILES string of the molecule is O=C(CCC1CCNC1)c1cccc(-c2ccnc(CCCc3ccc(O)cc3)n2)c1. The molecule has 1 fully saturated rings. The standard InChI is InChI=1S/C26H29N3O2/c30-23-10-7-19(8-11-23)3-1-6-26-28-16-14-24(29-26)21-4-2-5-22(17-21)25(31)12-9-20-13-15-27-18-20/h2,4-5,7-8,10-11,14,16-17,20,27,30H,1,3,6,9,12-13,15,18H2. The van der Waals surface area contributed by atoms with Crippen LogP contribution in [0.5, 0.6) is 5.75 Å². The van der Waals surface area contributed by atoms with E-state index in [1.165, 1.54) is 12.0 Å². The first-order chi connectivity index (χ1) is 15.2. The van der Waals surface area contributed by atoms with Crippen molar-refractivity contribution in [3.8, 4) is 17.0 Å². The van der Waals surface area contributed by atoms with Crippen molar-refractivity contribution < 1.29 is 9.90 Å². The van der Waals surface area contributed by atoms with Gasteiger partial charge in [-0.2, -0.15) is 0 Å². The molecule has 5 nitrogen and oxygen atoms in total. The zero-order valence-corrected chi connectivity index (χ0v) is 17.8. The highest BCUT2D eigenvalue weighted by atomic mass is 16.3. The summed E-state index contributed by atoms with van der Waals surface area (Å²) in [6.07, 6.45) is 7.14. The highest BCUT2D eigenvalue weighted by molar-refractivity contribution is 5.97. The fourth-order valence-electron chi connectivity index (χ4n) is 4.09. The van der Waals surface area contributed by atoms with Gasteiger partial charge in [-0.15, -0.1) is 0 Å². The number of nitrogens with zero attached hydrogens (tertiary/aromatic N) is 2. The first kappa shape index (κ1) is 21.2. The summed E-state index contributed by atoms with van der Waals surface area (Å²) in [6.45, 7) is 2.10. The summed E-state index contributed by atoms with van der Waals surface area (Å²) in [6, 6.07) is 17.0. The molecule has 0 bridgehead atoms. The van der Waals surface area contributed by atoms with Crippen LogP contribution in [0.15, 0.2) is 60.8 Å². The lowest BCUT2D eigenvalue weighted by atomic mass is 9.97. The lowest BCUT2D eigenvalue weighted by molar-refractivity contribution is 0.0974. The summed E-state index contributed by atoms with van der Waals surface area (Å²) in [5.74, 6) is 1.92. The number of Topliss-reactive ketones (excluding diaryl/α,β-unsaturated/α-hetero) is 1. The number of phenols is 1. The molecule has 1 aliphatic rings. The summed E-state index contributed by atoms with van der Waals surface area (Å²) in [5, 5.41) is 12.8. The molecule has 0 radical (unpaired) electrons. The van der Waals surface area contributed by atoms with Gasteiger partial charge in [-0.05, 0) is 74.5 Å². The van der Waals surface area contributed by atoms with Gasteiger partial charge in [-0.1, -0.05) is 30.3 Å². The molecule has 3 aromatic rings. The molecule has 31 heavy (non-hydrogen) atoms. The summed E-state index contributed by atoms with van der Waals surface area (Å²) >= 11 is 0. The average Bonchev–Trinajstić information content (AvgIpc) is 3.33. The summed E-state index contributed by atoms with van der Waals surface area (Å²) in [4.78, 5) is 21.8. The molecule has 5 heteroatoms. The number of nitrogens with one attached hydrogen (secondary N) is 1. The topological polar surface area (TPSA) is 75.1 Å². The molecule has 0 amide bonds. The monoisotopic (exact) mass is 415 g/mol. The number of aromatic nitrogens is 2. The van der Waals surface area contributed by atoms with E-state index in [0.29, 0.717) is 12.3 Å². The molecule has 1 aromatic heterocycles. The molecule has 1 unspecified atom stereocenters. The highest BCUT2D eigenvalue weighted by Gasteiger charge is 2.16. The number of carbonyl (C=O) groups excluding carboxylic acids is 1. The number of ketones is 1. The van der Waals surface area contributed by atoms with Gasteiger partial charge in [0.05, 0.1) is 5.69 Å². The van der Waals surface area contributed by atoms with Gasteiger partial charge in [0.2, 0.25) is 0 Å².